The number of nitrogens with zero attached hydrogens (tertiary/aromatic N) is 1. The van der Waals surface area contributed by atoms with Crippen molar-refractivity contribution < 1.29 is 27.8 Å². The number of halogens is 4. The molecule has 0 aliphatic carbocycles. The molecule has 32 heavy (non-hydrogen) atoms. The van der Waals surface area contributed by atoms with Gasteiger partial charge >= 0.3 is 6.36 Å². The van der Waals surface area contributed by atoms with Gasteiger partial charge in [0.25, 0.3) is 0 Å². The largest absolute Gasteiger partial charge is 0.573 e. The summed E-state index contributed by atoms with van der Waals surface area (Å²) in [4.78, 5) is 2.22. The van der Waals surface area contributed by atoms with Gasteiger partial charge < -0.3 is 14.6 Å². The number of morpholine rings is 1. The average molecular weight is 464 g/mol. The highest BCUT2D eigenvalue weighted by Crippen LogP contribution is 2.39. The van der Waals surface area contributed by atoms with Crippen molar-refractivity contribution >= 4 is 11.6 Å². The van der Waals surface area contributed by atoms with E-state index in [0.717, 1.165) is 17.2 Å². The van der Waals surface area contributed by atoms with Crippen molar-refractivity contribution in [2.45, 2.75) is 18.9 Å². The van der Waals surface area contributed by atoms with Crippen LogP contribution < -0.4 is 4.74 Å². The fourth-order valence-electron chi connectivity index (χ4n) is 3.90. The van der Waals surface area contributed by atoms with E-state index in [9.17, 15) is 18.3 Å². The molecule has 3 aromatic rings. The van der Waals surface area contributed by atoms with Crippen molar-refractivity contribution in [1.82, 2.24) is 4.90 Å². The van der Waals surface area contributed by atoms with Crippen LogP contribution in [0, 0.1) is 0 Å². The number of phenolic OH excluding ortho intramolecular Hbond substituents is 1. The Labute approximate surface area is 188 Å². The highest BCUT2D eigenvalue weighted by atomic mass is 35.5. The van der Waals surface area contributed by atoms with Gasteiger partial charge in [-0.2, -0.15) is 0 Å². The van der Waals surface area contributed by atoms with Crippen molar-refractivity contribution in [2.24, 2.45) is 0 Å². The van der Waals surface area contributed by atoms with E-state index >= 15 is 0 Å². The maximum atomic E-state index is 13.0. The van der Waals surface area contributed by atoms with Crippen LogP contribution in [0.25, 0.3) is 11.1 Å². The molecule has 8 heteroatoms. The first kappa shape index (κ1) is 22.5. The van der Waals surface area contributed by atoms with Gasteiger partial charge in [-0.05, 0) is 47.0 Å². The minimum absolute atomic E-state index is 0.0239. The van der Waals surface area contributed by atoms with Gasteiger partial charge in [0.1, 0.15) is 11.5 Å². The van der Waals surface area contributed by atoms with Gasteiger partial charge in [-0.3, -0.25) is 4.90 Å². The molecule has 3 aromatic carbocycles. The van der Waals surface area contributed by atoms with Crippen LogP contribution in [0.1, 0.15) is 17.2 Å². The summed E-state index contributed by atoms with van der Waals surface area (Å²) in [5.41, 5.74) is 2.59. The SMILES string of the molecule is Oc1ccc(OC(F)(F)F)c(-c2ccccc2CN2CCOC[C@@H]2c2ccc(Cl)cc2)c1. The predicted octanol–water partition coefficient (Wildman–Crippen LogP) is 6.18. The van der Waals surface area contributed by atoms with E-state index in [1.165, 1.54) is 12.1 Å². The smallest absolute Gasteiger partial charge is 0.508 e. The normalized spacial score (nSPS) is 17.3. The first-order chi connectivity index (χ1) is 15.3. The second-order valence-electron chi connectivity index (χ2n) is 7.50. The lowest BCUT2D eigenvalue weighted by atomic mass is 9.97. The van der Waals surface area contributed by atoms with Crippen LogP contribution >= 0.6 is 11.6 Å². The van der Waals surface area contributed by atoms with Crippen molar-refractivity contribution in [2.75, 3.05) is 19.8 Å². The molecular weight excluding hydrogens is 443 g/mol. The van der Waals surface area contributed by atoms with E-state index in [-0.39, 0.29) is 23.1 Å². The molecule has 1 aliphatic heterocycles. The van der Waals surface area contributed by atoms with Crippen molar-refractivity contribution in [3.8, 4) is 22.6 Å². The molecule has 1 heterocycles. The van der Waals surface area contributed by atoms with Crippen LogP contribution in [0.4, 0.5) is 13.2 Å². The number of aromatic hydroxyl groups is 1. The van der Waals surface area contributed by atoms with E-state index in [1.807, 2.05) is 36.4 Å². The van der Waals surface area contributed by atoms with Gasteiger partial charge in [-0.25, -0.2) is 0 Å². The van der Waals surface area contributed by atoms with Gasteiger partial charge in [0.05, 0.1) is 19.3 Å². The summed E-state index contributed by atoms with van der Waals surface area (Å²) in [6.45, 7) is 2.20. The molecule has 1 atom stereocenters. The highest BCUT2D eigenvalue weighted by Gasteiger charge is 2.33. The molecule has 1 aliphatic rings. The maximum Gasteiger partial charge on any atom is 0.573 e. The Morgan fingerprint density at radius 2 is 1.78 bits per heavy atom. The zero-order valence-corrected chi connectivity index (χ0v) is 17.7. The minimum atomic E-state index is -4.84. The van der Waals surface area contributed by atoms with Crippen LogP contribution in [0.15, 0.2) is 66.7 Å². The van der Waals surface area contributed by atoms with E-state index in [0.29, 0.717) is 36.9 Å². The second-order valence-corrected chi connectivity index (χ2v) is 7.93. The summed E-state index contributed by atoms with van der Waals surface area (Å²) in [5.74, 6) is -0.506. The quantitative estimate of drug-likeness (QED) is 0.490. The van der Waals surface area contributed by atoms with Gasteiger partial charge in [0.15, 0.2) is 0 Å². The van der Waals surface area contributed by atoms with E-state index < -0.39 is 6.36 Å². The van der Waals surface area contributed by atoms with Crippen LogP contribution in [0.2, 0.25) is 5.02 Å². The summed E-state index contributed by atoms with van der Waals surface area (Å²) < 4.78 is 48.8. The Bertz CT molecular complexity index is 1070. The Balaban J connectivity index is 1.68. The molecule has 0 saturated carbocycles. The van der Waals surface area contributed by atoms with Gasteiger partial charge in [0, 0.05) is 23.7 Å². The molecule has 1 saturated heterocycles. The number of hydrogen-bond donors (Lipinski definition) is 1. The monoisotopic (exact) mass is 463 g/mol. The Hall–Kier alpha value is -2.74. The Kier molecular flexibility index (Phi) is 6.60. The second kappa shape index (κ2) is 9.40. The summed E-state index contributed by atoms with van der Waals surface area (Å²) in [6, 6.07) is 18.3. The number of rotatable bonds is 5. The molecule has 168 valence electrons. The fourth-order valence-corrected chi connectivity index (χ4v) is 4.03. The van der Waals surface area contributed by atoms with Crippen LogP contribution in [0.5, 0.6) is 11.5 Å². The summed E-state index contributed by atoms with van der Waals surface area (Å²) in [7, 11) is 0. The summed E-state index contributed by atoms with van der Waals surface area (Å²) >= 11 is 6.02. The molecule has 0 unspecified atom stereocenters. The molecular formula is C24H21ClF3NO3. The zero-order valence-electron chi connectivity index (χ0n) is 17.0. The molecule has 0 spiro atoms. The lowest BCUT2D eigenvalue weighted by Gasteiger charge is -2.36. The fraction of sp³-hybridized carbons (Fsp3) is 0.250. The maximum absolute atomic E-state index is 13.0. The van der Waals surface area contributed by atoms with Crippen LogP contribution in [0.3, 0.4) is 0 Å². The molecule has 0 aromatic heterocycles. The molecule has 1 fully saturated rings. The zero-order chi connectivity index (χ0) is 22.7. The topological polar surface area (TPSA) is 41.9 Å². The number of hydrogen-bond acceptors (Lipinski definition) is 4. The molecule has 0 bridgehead atoms. The average Bonchev–Trinajstić information content (AvgIpc) is 2.76. The third-order valence-electron chi connectivity index (χ3n) is 5.36. The molecule has 4 rings (SSSR count). The van der Waals surface area contributed by atoms with Crippen molar-refractivity contribution in [3.05, 3.63) is 82.9 Å². The first-order valence-electron chi connectivity index (χ1n) is 10.0. The van der Waals surface area contributed by atoms with Crippen LogP contribution in [-0.2, 0) is 11.3 Å². The molecule has 4 nitrogen and oxygen atoms in total. The van der Waals surface area contributed by atoms with Crippen molar-refractivity contribution in [1.29, 1.82) is 0 Å². The van der Waals surface area contributed by atoms with Crippen molar-refractivity contribution in [3.63, 3.8) is 0 Å². The number of benzene rings is 3. The molecule has 1 N–H and O–H groups in total. The summed E-state index contributed by atoms with van der Waals surface area (Å²) in [6.07, 6.45) is -4.84. The summed E-state index contributed by atoms with van der Waals surface area (Å²) in [5, 5.41) is 10.6. The lowest BCUT2D eigenvalue weighted by molar-refractivity contribution is -0.274. The predicted molar refractivity (Wildman–Crippen MR) is 116 cm³/mol. The first-order valence-corrected chi connectivity index (χ1v) is 10.4. The molecule has 0 radical (unpaired) electrons. The number of ether oxygens (including phenoxy) is 2. The Morgan fingerprint density at radius 3 is 2.53 bits per heavy atom. The standard InChI is InChI=1S/C24H21ClF3NO3/c25-18-7-5-16(6-8-18)22-15-31-12-11-29(22)14-17-3-1-2-4-20(17)21-13-19(30)9-10-23(21)32-24(26,27)28/h1-10,13,22,30H,11-12,14-15H2/t22-/m1/s1. The molecule has 0 amide bonds. The van der Waals surface area contributed by atoms with Crippen LogP contribution in [-0.4, -0.2) is 36.1 Å². The third-order valence-corrected chi connectivity index (χ3v) is 5.62. The lowest BCUT2D eigenvalue weighted by Crippen LogP contribution is -2.39. The van der Waals surface area contributed by atoms with Gasteiger partial charge in [0.2, 0.25) is 0 Å². The Morgan fingerprint density at radius 1 is 1.03 bits per heavy atom. The van der Waals surface area contributed by atoms with E-state index in [2.05, 4.69) is 9.64 Å². The highest BCUT2D eigenvalue weighted by molar-refractivity contribution is 6.30. The van der Waals surface area contributed by atoms with E-state index in [4.69, 9.17) is 16.3 Å². The number of alkyl halides is 3. The van der Waals surface area contributed by atoms with Gasteiger partial charge in [-0.1, -0.05) is 48.0 Å². The third kappa shape index (κ3) is 5.35. The minimum Gasteiger partial charge on any atom is -0.508 e. The van der Waals surface area contributed by atoms with E-state index in [1.54, 1.807) is 12.1 Å². The van der Waals surface area contributed by atoms with Gasteiger partial charge in [-0.15, -0.1) is 13.2 Å². The number of phenols is 1.